The van der Waals surface area contributed by atoms with Crippen molar-refractivity contribution < 1.29 is 8.42 Å². The van der Waals surface area contributed by atoms with Crippen LogP contribution in [-0.2, 0) is 35.8 Å². The molecule has 0 bridgehead atoms. The van der Waals surface area contributed by atoms with Gasteiger partial charge in [0.05, 0.1) is 4.90 Å². The van der Waals surface area contributed by atoms with E-state index >= 15 is 0 Å². The molecule has 2 aliphatic rings. The highest BCUT2D eigenvalue weighted by atomic mass is 32.2. The number of aryl methyl sites for hydroxylation is 2. The molecule has 1 heterocycles. The predicted octanol–water partition coefficient (Wildman–Crippen LogP) is 4.71. The van der Waals surface area contributed by atoms with E-state index in [1.165, 1.54) is 28.7 Å². The summed E-state index contributed by atoms with van der Waals surface area (Å²) in [4.78, 5) is 4.86. The van der Waals surface area contributed by atoms with Crippen LogP contribution in [0.4, 0.5) is 5.69 Å². The van der Waals surface area contributed by atoms with Crippen LogP contribution in [0.3, 0.4) is 0 Å². The summed E-state index contributed by atoms with van der Waals surface area (Å²) in [5.74, 6) is 0. The molecule has 0 fully saturated rings. The molecule has 0 unspecified atom stereocenters. The molecule has 35 heavy (non-hydrogen) atoms. The number of hydrogen-bond acceptors (Lipinski definition) is 4. The van der Waals surface area contributed by atoms with Crippen LogP contribution in [0.2, 0.25) is 0 Å². The van der Waals surface area contributed by atoms with Crippen LogP contribution < -0.4 is 9.62 Å². The van der Waals surface area contributed by atoms with Gasteiger partial charge in [0.1, 0.15) is 0 Å². The first-order chi connectivity index (χ1) is 16.9. The van der Waals surface area contributed by atoms with Gasteiger partial charge in [0, 0.05) is 45.5 Å². The smallest absolute Gasteiger partial charge is 0.240 e. The van der Waals surface area contributed by atoms with Gasteiger partial charge in [0.15, 0.2) is 0 Å². The van der Waals surface area contributed by atoms with E-state index in [-0.39, 0.29) is 6.04 Å². The number of rotatable bonds is 7. The van der Waals surface area contributed by atoms with Crippen molar-refractivity contribution in [1.29, 1.82) is 0 Å². The molecule has 0 spiro atoms. The van der Waals surface area contributed by atoms with Crippen molar-refractivity contribution in [2.24, 2.45) is 0 Å². The molecule has 1 atom stereocenters. The molecule has 0 saturated heterocycles. The quantitative estimate of drug-likeness (QED) is 0.522. The Hall–Kier alpha value is -2.67. The maximum absolute atomic E-state index is 13.3. The van der Waals surface area contributed by atoms with E-state index in [2.05, 4.69) is 63.1 Å². The number of nitrogens with zero attached hydrogens (tertiary/aromatic N) is 2. The van der Waals surface area contributed by atoms with Crippen molar-refractivity contribution >= 4 is 15.7 Å². The fraction of sp³-hybridized carbons (Fsp3) is 0.379. The van der Waals surface area contributed by atoms with Crippen molar-refractivity contribution in [3.63, 3.8) is 0 Å². The van der Waals surface area contributed by atoms with E-state index in [1.54, 1.807) is 6.07 Å². The third kappa shape index (κ3) is 5.30. The summed E-state index contributed by atoms with van der Waals surface area (Å²) >= 11 is 0. The summed E-state index contributed by atoms with van der Waals surface area (Å²) in [6.07, 6.45) is 5.30. The second-order valence-electron chi connectivity index (χ2n) is 9.98. The molecule has 184 valence electrons. The highest BCUT2D eigenvalue weighted by molar-refractivity contribution is 7.89. The minimum atomic E-state index is -3.60. The Morgan fingerprint density at radius 1 is 0.857 bits per heavy atom. The molecule has 5 nitrogen and oxygen atoms in total. The fourth-order valence-corrected chi connectivity index (χ4v) is 6.47. The monoisotopic (exact) mass is 489 g/mol. The lowest BCUT2D eigenvalue weighted by atomic mass is 9.92. The molecule has 0 aromatic heterocycles. The van der Waals surface area contributed by atoms with Gasteiger partial charge in [-0.2, -0.15) is 0 Å². The first kappa shape index (κ1) is 24.0. The molecule has 0 amide bonds. The van der Waals surface area contributed by atoms with Crippen molar-refractivity contribution in [3.8, 4) is 0 Å². The molecule has 0 radical (unpaired) electrons. The molecule has 3 aromatic carbocycles. The van der Waals surface area contributed by atoms with Gasteiger partial charge in [0.2, 0.25) is 10.0 Å². The Balaban J connectivity index is 1.40. The number of hydrogen-bond donors (Lipinski definition) is 1. The Kier molecular flexibility index (Phi) is 6.96. The van der Waals surface area contributed by atoms with Gasteiger partial charge in [-0.3, -0.25) is 4.90 Å². The largest absolute Gasteiger partial charge is 0.378 e. The Labute approximate surface area is 209 Å². The Morgan fingerprint density at radius 3 is 2.29 bits per heavy atom. The standard InChI is InChI=1S/C29H35N3O2S/c1-31(2)27-14-11-24(12-15-27)29(32-18-17-23-8-4-6-10-26(23)21-32)20-30-35(33,34)28-16-13-22-7-3-5-9-25(22)19-28/h4,6,8,10-16,19,29-30H,3,5,7,9,17-18,20-21H2,1-2H3/t29-/m1/s1. The van der Waals surface area contributed by atoms with Crippen LogP contribution in [0.1, 0.15) is 46.7 Å². The van der Waals surface area contributed by atoms with Gasteiger partial charge < -0.3 is 4.90 Å². The highest BCUT2D eigenvalue weighted by Crippen LogP contribution is 2.30. The number of fused-ring (bicyclic) bond motifs is 2. The van der Waals surface area contributed by atoms with Crippen LogP contribution >= 0.6 is 0 Å². The summed E-state index contributed by atoms with van der Waals surface area (Å²) in [7, 11) is 0.455. The van der Waals surface area contributed by atoms with Crippen molar-refractivity contribution in [3.05, 3.63) is 94.5 Å². The van der Waals surface area contributed by atoms with Crippen molar-refractivity contribution in [2.45, 2.75) is 49.6 Å². The van der Waals surface area contributed by atoms with Crippen LogP contribution in [0.15, 0.2) is 71.6 Å². The average molecular weight is 490 g/mol. The number of sulfonamides is 1. The molecule has 1 aliphatic carbocycles. The normalized spacial score (nSPS) is 16.9. The molecular formula is C29H35N3O2S. The number of nitrogens with one attached hydrogen (secondary N) is 1. The Bertz CT molecular complexity index is 1290. The lowest BCUT2D eigenvalue weighted by Gasteiger charge is -2.36. The number of anilines is 1. The molecule has 1 aliphatic heterocycles. The fourth-order valence-electron chi connectivity index (χ4n) is 5.38. The molecule has 1 N–H and O–H groups in total. The lowest BCUT2D eigenvalue weighted by Crippen LogP contribution is -2.40. The average Bonchev–Trinajstić information content (AvgIpc) is 2.88. The molecular weight excluding hydrogens is 454 g/mol. The maximum Gasteiger partial charge on any atom is 0.240 e. The zero-order valence-corrected chi connectivity index (χ0v) is 21.5. The van der Waals surface area contributed by atoms with Crippen molar-refractivity contribution in [1.82, 2.24) is 9.62 Å². The van der Waals surface area contributed by atoms with E-state index in [9.17, 15) is 8.42 Å². The maximum atomic E-state index is 13.3. The SMILES string of the molecule is CN(C)c1ccc([C@@H](CNS(=O)(=O)c2ccc3c(c2)CCCC3)N2CCc3ccccc3C2)cc1. The zero-order chi connectivity index (χ0) is 24.4. The second-order valence-corrected chi connectivity index (χ2v) is 11.7. The van der Waals surface area contributed by atoms with Gasteiger partial charge in [-0.1, -0.05) is 42.5 Å². The minimum Gasteiger partial charge on any atom is -0.378 e. The molecule has 0 saturated carbocycles. The van der Waals surface area contributed by atoms with Gasteiger partial charge in [-0.15, -0.1) is 0 Å². The van der Waals surface area contributed by atoms with Crippen molar-refractivity contribution in [2.75, 3.05) is 32.1 Å². The van der Waals surface area contributed by atoms with Gasteiger partial charge in [-0.25, -0.2) is 13.1 Å². The summed E-state index contributed by atoms with van der Waals surface area (Å²) in [6, 6.07) is 22.7. The minimum absolute atomic E-state index is 0.0491. The van der Waals surface area contributed by atoms with E-state index in [4.69, 9.17) is 0 Å². The van der Waals surface area contributed by atoms with E-state index < -0.39 is 10.0 Å². The van der Waals surface area contributed by atoms with Gasteiger partial charge >= 0.3 is 0 Å². The molecule has 5 rings (SSSR count). The summed E-state index contributed by atoms with van der Waals surface area (Å²) in [6.45, 7) is 2.05. The predicted molar refractivity (Wildman–Crippen MR) is 142 cm³/mol. The van der Waals surface area contributed by atoms with Gasteiger partial charge in [0.25, 0.3) is 0 Å². The summed E-state index contributed by atoms with van der Waals surface area (Å²) < 4.78 is 29.6. The van der Waals surface area contributed by atoms with E-state index in [0.29, 0.717) is 11.4 Å². The first-order valence-corrected chi connectivity index (χ1v) is 14.1. The van der Waals surface area contributed by atoms with Crippen LogP contribution in [0, 0.1) is 0 Å². The Morgan fingerprint density at radius 2 is 1.54 bits per heavy atom. The van der Waals surface area contributed by atoms with Gasteiger partial charge in [-0.05, 0) is 84.2 Å². The topological polar surface area (TPSA) is 52.7 Å². The third-order valence-corrected chi connectivity index (χ3v) is 8.91. The van der Waals surface area contributed by atoms with E-state index in [1.807, 2.05) is 26.2 Å². The second kappa shape index (κ2) is 10.1. The lowest BCUT2D eigenvalue weighted by molar-refractivity contribution is 0.180. The molecule has 6 heteroatoms. The highest BCUT2D eigenvalue weighted by Gasteiger charge is 2.27. The third-order valence-electron chi connectivity index (χ3n) is 7.49. The molecule has 3 aromatic rings. The van der Waals surface area contributed by atoms with Crippen LogP contribution in [0.5, 0.6) is 0 Å². The van der Waals surface area contributed by atoms with Crippen LogP contribution in [-0.4, -0.2) is 40.5 Å². The summed E-state index contributed by atoms with van der Waals surface area (Å²) in [5.41, 5.74) is 7.45. The van der Waals surface area contributed by atoms with Crippen LogP contribution in [0.25, 0.3) is 0 Å². The first-order valence-electron chi connectivity index (χ1n) is 12.6. The summed E-state index contributed by atoms with van der Waals surface area (Å²) in [5, 5.41) is 0. The number of benzene rings is 3. The van der Waals surface area contributed by atoms with E-state index in [0.717, 1.165) is 50.0 Å². The zero-order valence-electron chi connectivity index (χ0n) is 20.7.